The monoisotopic (exact) mass is 464 g/mol. The zero-order valence-electron chi connectivity index (χ0n) is 17.5. The maximum Gasteiger partial charge on any atom is 0.411 e. The van der Waals surface area contributed by atoms with Crippen molar-refractivity contribution in [3.8, 4) is 0 Å². The first kappa shape index (κ1) is 22.4. The van der Waals surface area contributed by atoms with Gasteiger partial charge in [0.25, 0.3) is 5.91 Å². The first-order valence-electron chi connectivity index (χ1n) is 10.3. The molecule has 1 aliphatic rings. The molecule has 3 aromatic carbocycles. The average molecular weight is 465 g/mol. The van der Waals surface area contributed by atoms with E-state index in [1.165, 1.54) is 18.2 Å². The van der Waals surface area contributed by atoms with Crippen LogP contribution in [0.5, 0.6) is 0 Å². The number of carbonyl (C=O) groups is 3. The topological polar surface area (TPSA) is 105 Å². The summed E-state index contributed by atoms with van der Waals surface area (Å²) in [5.74, 6) is -1.64. The summed E-state index contributed by atoms with van der Waals surface area (Å²) < 4.78 is 5.20. The molecule has 33 heavy (non-hydrogen) atoms. The van der Waals surface area contributed by atoms with Crippen molar-refractivity contribution in [3.63, 3.8) is 0 Å². The first-order chi connectivity index (χ1) is 15.9. The molecule has 0 aliphatic heterocycles. The minimum Gasteiger partial charge on any atom is -0.481 e. The van der Waals surface area contributed by atoms with E-state index in [1.807, 2.05) is 36.4 Å². The summed E-state index contributed by atoms with van der Waals surface area (Å²) in [4.78, 5) is 36.0. The molecule has 1 aliphatic carbocycles. The van der Waals surface area contributed by atoms with Gasteiger partial charge in [0.05, 0.1) is 5.92 Å². The Morgan fingerprint density at radius 3 is 2.45 bits per heavy atom. The second kappa shape index (κ2) is 9.75. The van der Waals surface area contributed by atoms with Crippen molar-refractivity contribution in [1.29, 1.82) is 0 Å². The van der Waals surface area contributed by atoms with Gasteiger partial charge in [0.15, 0.2) is 0 Å². The van der Waals surface area contributed by atoms with Crippen molar-refractivity contribution in [2.45, 2.75) is 18.9 Å². The van der Waals surface area contributed by atoms with Crippen molar-refractivity contribution in [2.75, 3.05) is 10.6 Å². The number of halogens is 1. The Morgan fingerprint density at radius 2 is 1.73 bits per heavy atom. The molecule has 2 atom stereocenters. The number of aliphatic carboxylic acids is 1. The van der Waals surface area contributed by atoms with Crippen LogP contribution in [0.3, 0.4) is 0 Å². The molecule has 168 valence electrons. The van der Waals surface area contributed by atoms with Crippen molar-refractivity contribution in [3.05, 3.63) is 94.5 Å². The van der Waals surface area contributed by atoms with E-state index in [0.717, 1.165) is 11.1 Å². The van der Waals surface area contributed by atoms with E-state index in [4.69, 9.17) is 21.4 Å². The second-order valence-electron chi connectivity index (χ2n) is 7.78. The average Bonchev–Trinajstić information content (AvgIpc) is 3.60. The standard InChI is InChI=1S/C25H21ClN2O5/c26-18-9-17(11-20(12-18)28-25(32)33-14-15-5-2-1-3-6-15)23(29)27-19-8-4-7-16(10-19)21-13-22(21)24(30)31/h1-12,21-22H,13-14H2,(H,27,29)(H,28,32)(H,30,31)/t21-,22-/m1/s1. The van der Waals surface area contributed by atoms with E-state index >= 15 is 0 Å². The lowest BCUT2D eigenvalue weighted by Gasteiger charge is -2.11. The van der Waals surface area contributed by atoms with Crippen molar-refractivity contribution in [1.82, 2.24) is 0 Å². The number of benzene rings is 3. The molecule has 0 radical (unpaired) electrons. The van der Waals surface area contributed by atoms with Gasteiger partial charge in [-0.1, -0.05) is 54.1 Å². The molecule has 4 rings (SSSR count). The third kappa shape index (κ3) is 5.90. The van der Waals surface area contributed by atoms with Gasteiger partial charge in [-0.25, -0.2) is 4.79 Å². The molecule has 1 saturated carbocycles. The van der Waals surface area contributed by atoms with Crippen LogP contribution in [0, 0.1) is 5.92 Å². The molecule has 3 aromatic rings. The van der Waals surface area contributed by atoms with Crippen LogP contribution >= 0.6 is 11.6 Å². The Bertz CT molecular complexity index is 1200. The summed E-state index contributed by atoms with van der Waals surface area (Å²) in [5.41, 5.74) is 2.84. The Balaban J connectivity index is 1.39. The lowest BCUT2D eigenvalue weighted by Crippen LogP contribution is -2.15. The van der Waals surface area contributed by atoms with Crippen LogP contribution in [-0.4, -0.2) is 23.1 Å². The van der Waals surface area contributed by atoms with Gasteiger partial charge in [-0.15, -0.1) is 0 Å². The number of ether oxygens (including phenoxy) is 1. The SMILES string of the molecule is O=C(Nc1cc(Cl)cc(C(=O)Nc2cccc([C@H]3C[C@H]3C(=O)O)c2)c1)OCc1ccccc1. The van der Waals surface area contributed by atoms with E-state index in [0.29, 0.717) is 17.8 Å². The first-order valence-corrected chi connectivity index (χ1v) is 10.7. The van der Waals surface area contributed by atoms with Gasteiger partial charge in [0, 0.05) is 22.0 Å². The van der Waals surface area contributed by atoms with Crippen molar-refractivity contribution in [2.24, 2.45) is 5.92 Å². The van der Waals surface area contributed by atoms with Gasteiger partial charge in [0.2, 0.25) is 0 Å². The zero-order chi connectivity index (χ0) is 23.4. The third-order valence-corrected chi connectivity index (χ3v) is 5.52. The number of anilines is 2. The Morgan fingerprint density at radius 1 is 0.939 bits per heavy atom. The summed E-state index contributed by atoms with van der Waals surface area (Å²) in [7, 11) is 0. The highest BCUT2D eigenvalue weighted by atomic mass is 35.5. The predicted octanol–water partition coefficient (Wildman–Crippen LogP) is 5.53. The van der Waals surface area contributed by atoms with Crippen LogP contribution in [0.4, 0.5) is 16.2 Å². The number of nitrogens with one attached hydrogen (secondary N) is 2. The van der Waals surface area contributed by atoms with Gasteiger partial charge >= 0.3 is 12.1 Å². The smallest absolute Gasteiger partial charge is 0.411 e. The lowest BCUT2D eigenvalue weighted by molar-refractivity contribution is -0.138. The van der Waals surface area contributed by atoms with Crippen molar-refractivity contribution >= 4 is 40.9 Å². The van der Waals surface area contributed by atoms with Gasteiger partial charge < -0.3 is 15.2 Å². The number of carbonyl (C=O) groups excluding carboxylic acids is 2. The quantitative estimate of drug-likeness (QED) is 0.426. The lowest BCUT2D eigenvalue weighted by atomic mass is 10.1. The highest BCUT2D eigenvalue weighted by Gasteiger charge is 2.44. The predicted molar refractivity (Wildman–Crippen MR) is 125 cm³/mol. The van der Waals surface area contributed by atoms with Gasteiger partial charge in [0.1, 0.15) is 6.61 Å². The Labute approximate surface area is 195 Å². The van der Waals surface area contributed by atoms with Gasteiger partial charge in [-0.05, 0) is 53.8 Å². The normalized spacial score (nSPS) is 16.5. The minimum atomic E-state index is -0.810. The molecule has 0 heterocycles. The van der Waals surface area contributed by atoms with E-state index in [2.05, 4.69) is 10.6 Å². The number of carboxylic acid groups (broad SMARTS) is 1. The molecule has 0 aromatic heterocycles. The fourth-order valence-corrected chi connectivity index (χ4v) is 3.79. The van der Waals surface area contributed by atoms with Gasteiger partial charge in [-0.3, -0.25) is 14.9 Å². The van der Waals surface area contributed by atoms with E-state index in [1.54, 1.807) is 18.2 Å². The van der Waals surface area contributed by atoms with Gasteiger partial charge in [-0.2, -0.15) is 0 Å². The highest BCUT2D eigenvalue weighted by molar-refractivity contribution is 6.31. The maximum absolute atomic E-state index is 12.8. The number of carboxylic acids is 1. The van der Waals surface area contributed by atoms with Crippen LogP contribution in [0.1, 0.15) is 33.8 Å². The van der Waals surface area contributed by atoms with E-state index in [9.17, 15) is 14.4 Å². The molecule has 3 N–H and O–H groups in total. The van der Waals surface area contributed by atoms with Crippen LogP contribution in [0.25, 0.3) is 0 Å². The fraction of sp³-hybridized carbons (Fsp3) is 0.160. The van der Waals surface area contributed by atoms with Crippen LogP contribution in [-0.2, 0) is 16.1 Å². The van der Waals surface area contributed by atoms with Crippen LogP contribution in [0.15, 0.2) is 72.8 Å². The van der Waals surface area contributed by atoms with Crippen LogP contribution in [0.2, 0.25) is 5.02 Å². The number of hydrogen-bond acceptors (Lipinski definition) is 4. The molecule has 0 saturated heterocycles. The number of amides is 2. The largest absolute Gasteiger partial charge is 0.481 e. The summed E-state index contributed by atoms with van der Waals surface area (Å²) in [5, 5.41) is 14.8. The minimum absolute atomic E-state index is 0.0387. The third-order valence-electron chi connectivity index (χ3n) is 5.30. The Kier molecular flexibility index (Phi) is 6.60. The zero-order valence-corrected chi connectivity index (χ0v) is 18.2. The van der Waals surface area contributed by atoms with E-state index < -0.39 is 18.0 Å². The molecule has 0 bridgehead atoms. The maximum atomic E-state index is 12.8. The van der Waals surface area contributed by atoms with Crippen molar-refractivity contribution < 1.29 is 24.2 Å². The highest BCUT2D eigenvalue weighted by Crippen LogP contribution is 2.47. The molecule has 7 nitrogen and oxygen atoms in total. The second-order valence-corrected chi connectivity index (χ2v) is 8.22. The summed E-state index contributed by atoms with van der Waals surface area (Å²) in [6.45, 7) is 0.112. The Hall–Kier alpha value is -3.84. The molecule has 8 heteroatoms. The molecular formula is C25H21ClN2O5. The molecule has 0 spiro atoms. The molecule has 0 unspecified atom stereocenters. The summed E-state index contributed by atoms with van der Waals surface area (Å²) in [6.07, 6.45) is -0.0752. The molecule has 1 fully saturated rings. The number of rotatable bonds is 7. The number of hydrogen-bond donors (Lipinski definition) is 3. The molecular weight excluding hydrogens is 444 g/mol. The van der Waals surface area contributed by atoms with Crippen LogP contribution < -0.4 is 10.6 Å². The van der Waals surface area contributed by atoms with E-state index in [-0.39, 0.29) is 29.0 Å². The fourth-order valence-electron chi connectivity index (χ4n) is 3.56. The summed E-state index contributed by atoms with van der Waals surface area (Å²) >= 11 is 6.15. The molecule has 2 amide bonds. The summed E-state index contributed by atoms with van der Waals surface area (Å²) in [6, 6.07) is 20.9.